The Morgan fingerprint density at radius 1 is 1.44 bits per heavy atom. The van der Waals surface area contributed by atoms with Gasteiger partial charge in [0, 0.05) is 5.69 Å². The van der Waals surface area contributed by atoms with Crippen LogP contribution >= 0.6 is 11.6 Å². The Morgan fingerprint density at radius 2 is 2.06 bits per heavy atom. The Labute approximate surface area is 112 Å². The highest BCUT2D eigenvalue weighted by Gasteiger charge is 2.17. The maximum atomic E-state index is 11.6. The molecule has 1 N–H and O–H groups in total. The predicted octanol–water partition coefficient (Wildman–Crippen LogP) is 3.37. The fraction of sp³-hybridized carbons (Fsp3) is 0.385. The van der Waals surface area contributed by atoms with Gasteiger partial charge >= 0.3 is 6.09 Å². The zero-order chi connectivity index (χ0) is 13.5. The van der Waals surface area contributed by atoms with Gasteiger partial charge in [-0.05, 0) is 30.2 Å². The minimum Gasteiger partial charge on any atom is -0.444 e. The standard InChI is InChI=1S/C13H15ClN2O2/c1-9(2)12(7-14)18-13(17)16-11-5-3-10(8-15)4-6-11/h3-6,9,12H,7H2,1-2H3,(H,16,17). The summed E-state index contributed by atoms with van der Waals surface area (Å²) in [7, 11) is 0. The lowest BCUT2D eigenvalue weighted by Gasteiger charge is -2.18. The second-order valence-corrected chi connectivity index (χ2v) is 4.46. The number of hydrogen-bond acceptors (Lipinski definition) is 3. The van der Waals surface area contributed by atoms with Gasteiger partial charge in [-0.2, -0.15) is 5.26 Å². The number of carbonyl (C=O) groups is 1. The number of nitrogens with zero attached hydrogens (tertiary/aromatic N) is 1. The Bertz CT molecular complexity index is 437. The van der Waals surface area contributed by atoms with Gasteiger partial charge in [-0.1, -0.05) is 13.8 Å². The molecule has 1 aromatic rings. The molecule has 0 radical (unpaired) electrons. The number of nitrogens with one attached hydrogen (secondary N) is 1. The van der Waals surface area contributed by atoms with E-state index in [1.54, 1.807) is 24.3 Å². The number of amides is 1. The van der Waals surface area contributed by atoms with Crippen LogP contribution in [0.3, 0.4) is 0 Å². The second-order valence-electron chi connectivity index (χ2n) is 4.16. The smallest absolute Gasteiger partial charge is 0.411 e. The molecule has 0 aliphatic rings. The van der Waals surface area contributed by atoms with Gasteiger partial charge < -0.3 is 4.74 Å². The van der Waals surface area contributed by atoms with E-state index in [9.17, 15) is 4.79 Å². The number of halogens is 1. The van der Waals surface area contributed by atoms with E-state index in [0.29, 0.717) is 11.3 Å². The minimum absolute atomic E-state index is 0.161. The second kappa shape index (κ2) is 6.87. The van der Waals surface area contributed by atoms with Crippen molar-refractivity contribution in [1.82, 2.24) is 0 Å². The van der Waals surface area contributed by atoms with Crippen molar-refractivity contribution in [2.45, 2.75) is 20.0 Å². The lowest BCUT2D eigenvalue weighted by atomic mass is 10.1. The lowest BCUT2D eigenvalue weighted by Crippen LogP contribution is -2.28. The third-order valence-corrected chi connectivity index (χ3v) is 2.72. The predicted molar refractivity (Wildman–Crippen MR) is 70.6 cm³/mol. The number of rotatable bonds is 4. The van der Waals surface area contributed by atoms with Crippen LogP contribution in [0.15, 0.2) is 24.3 Å². The molecule has 0 heterocycles. The Morgan fingerprint density at radius 3 is 2.50 bits per heavy atom. The number of anilines is 1. The first kappa shape index (κ1) is 14.3. The minimum atomic E-state index is -0.543. The van der Waals surface area contributed by atoms with E-state index in [1.165, 1.54) is 0 Å². The van der Waals surface area contributed by atoms with Crippen LogP contribution in [-0.2, 0) is 4.74 Å². The monoisotopic (exact) mass is 266 g/mol. The van der Waals surface area contributed by atoms with Crippen molar-refractivity contribution < 1.29 is 9.53 Å². The molecule has 1 amide bonds. The molecular formula is C13H15ClN2O2. The number of ether oxygens (including phenoxy) is 1. The maximum Gasteiger partial charge on any atom is 0.411 e. The summed E-state index contributed by atoms with van der Waals surface area (Å²) >= 11 is 5.71. The zero-order valence-electron chi connectivity index (χ0n) is 10.3. The highest BCUT2D eigenvalue weighted by Crippen LogP contribution is 2.12. The van der Waals surface area contributed by atoms with E-state index < -0.39 is 6.09 Å². The molecule has 0 saturated heterocycles. The molecule has 18 heavy (non-hydrogen) atoms. The first-order chi connectivity index (χ1) is 8.56. The lowest BCUT2D eigenvalue weighted by molar-refractivity contribution is 0.0960. The molecule has 0 aliphatic carbocycles. The van der Waals surface area contributed by atoms with Crippen LogP contribution in [0.5, 0.6) is 0 Å². The third-order valence-electron chi connectivity index (χ3n) is 2.41. The quantitative estimate of drug-likeness (QED) is 0.850. The van der Waals surface area contributed by atoms with Gasteiger partial charge in [0.15, 0.2) is 0 Å². The molecule has 96 valence electrons. The number of alkyl halides is 1. The summed E-state index contributed by atoms with van der Waals surface area (Å²) in [5, 5.41) is 11.2. The summed E-state index contributed by atoms with van der Waals surface area (Å²) in [4.78, 5) is 11.6. The molecule has 1 unspecified atom stereocenters. The van der Waals surface area contributed by atoms with Crippen molar-refractivity contribution in [3.8, 4) is 6.07 Å². The first-order valence-corrected chi connectivity index (χ1v) is 6.14. The Hall–Kier alpha value is -1.73. The normalized spacial score (nSPS) is 11.7. The average Bonchev–Trinajstić information content (AvgIpc) is 2.36. The largest absolute Gasteiger partial charge is 0.444 e. The van der Waals surface area contributed by atoms with Gasteiger partial charge in [0.25, 0.3) is 0 Å². The van der Waals surface area contributed by atoms with Gasteiger partial charge in [-0.3, -0.25) is 5.32 Å². The summed E-state index contributed by atoms with van der Waals surface area (Å²) in [5.41, 5.74) is 1.12. The highest BCUT2D eigenvalue weighted by atomic mass is 35.5. The van der Waals surface area contributed by atoms with Crippen molar-refractivity contribution in [2.75, 3.05) is 11.2 Å². The van der Waals surface area contributed by atoms with Gasteiger partial charge in [-0.15, -0.1) is 11.6 Å². The molecule has 0 aliphatic heterocycles. The zero-order valence-corrected chi connectivity index (χ0v) is 11.1. The van der Waals surface area contributed by atoms with Crippen molar-refractivity contribution in [2.24, 2.45) is 5.92 Å². The Balaban J connectivity index is 2.56. The van der Waals surface area contributed by atoms with Crippen molar-refractivity contribution >= 4 is 23.4 Å². The molecular weight excluding hydrogens is 252 g/mol. The van der Waals surface area contributed by atoms with E-state index in [0.717, 1.165) is 0 Å². The number of benzene rings is 1. The van der Waals surface area contributed by atoms with Crippen LogP contribution in [0, 0.1) is 17.2 Å². The summed E-state index contributed by atoms with van der Waals surface area (Å²) in [6.07, 6.45) is -0.857. The molecule has 1 atom stereocenters. The molecule has 5 heteroatoms. The molecule has 4 nitrogen and oxygen atoms in total. The van der Waals surface area contributed by atoms with E-state index in [4.69, 9.17) is 21.6 Å². The van der Waals surface area contributed by atoms with E-state index in [2.05, 4.69) is 5.32 Å². The van der Waals surface area contributed by atoms with Crippen molar-refractivity contribution in [3.63, 3.8) is 0 Å². The highest BCUT2D eigenvalue weighted by molar-refractivity contribution is 6.18. The summed E-state index contributed by atoms with van der Waals surface area (Å²) < 4.78 is 5.17. The summed E-state index contributed by atoms with van der Waals surface area (Å²) in [6, 6.07) is 8.53. The van der Waals surface area contributed by atoms with Crippen molar-refractivity contribution in [1.29, 1.82) is 5.26 Å². The fourth-order valence-electron chi connectivity index (χ4n) is 1.26. The topological polar surface area (TPSA) is 62.1 Å². The van der Waals surface area contributed by atoms with Crippen LogP contribution in [0.2, 0.25) is 0 Å². The number of carbonyl (C=O) groups excluding carboxylic acids is 1. The summed E-state index contributed by atoms with van der Waals surface area (Å²) in [6.45, 7) is 3.87. The number of nitriles is 1. The van der Waals surface area contributed by atoms with Crippen LogP contribution in [-0.4, -0.2) is 18.1 Å². The van der Waals surface area contributed by atoms with E-state index in [1.807, 2.05) is 19.9 Å². The van der Waals surface area contributed by atoms with Crippen LogP contribution < -0.4 is 5.32 Å². The average molecular weight is 267 g/mol. The van der Waals surface area contributed by atoms with Crippen LogP contribution in [0.4, 0.5) is 10.5 Å². The molecule has 0 fully saturated rings. The first-order valence-electron chi connectivity index (χ1n) is 5.60. The summed E-state index contributed by atoms with van der Waals surface area (Å²) in [5.74, 6) is 0.424. The van der Waals surface area contributed by atoms with Gasteiger partial charge in [-0.25, -0.2) is 4.79 Å². The van der Waals surface area contributed by atoms with E-state index >= 15 is 0 Å². The number of hydrogen-bond donors (Lipinski definition) is 1. The SMILES string of the molecule is CC(C)C(CCl)OC(=O)Nc1ccc(C#N)cc1. The molecule has 1 aromatic carbocycles. The van der Waals surface area contributed by atoms with Crippen LogP contribution in [0.1, 0.15) is 19.4 Å². The molecule has 1 rings (SSSR count). The van der Waals surface area contributed by atoms with Gasteiger partial charge in [0.05, 0.1) is 17.5 Å². The van der Waals surface area contributed by atoms with E-state index in [-0.39, 0.29) is 17.9 Å². The third kappa shape index (κ3) is 4.27. The molecule has 0 aromatic heterocycles. The van der Waals surface area contributed by atoms with Gasteiger partial charge in [0.1, 0.15) is 6.10 Å². The van der Waals surface area contributed by atoms with Crippen molar-refractivity contribution in [3.05, 3.63) is 29.8 Å². The van der Waals surface area contributed by atoms with Gasteiger partial charge in [0.2, 0.25) is 0 Å². The molecule has 0 spiro atoms. The molecule has 0 saturated carbocycles. The van der Waals surface area contributed by atoms with Crippen LogP contribution in [0.25, 0.3) is 0 Å². The Kier molecular flexibility index (Phi) is 5.47. The molecule has 0 bridgehead atoms. The fourth-order valence-corrected chi connectivity index (χ4v) is 1.68. The maximum absolute atomic E-state index is 11.6.